The van der Waals surface area contributed by atoms with Crippen LogP contribution in [0, 0.1) is 31.0 Å². The minimum absolute atomic E-state index is 0.194. The molecule has 0 N–H and O–H groups in total. The first kappa shape index (κ1) is 12.1. The highest BCUT2D eigenvalue weighted by Gasteiger charge is 2.07. The molecule has 0 heterocycles. The summed E-state index contributed by atoms with van der Waals surface area (Å²) in [5.41, 5.74) is 1.94. The zero-order valence-corrected chi connectivity index (χ0v) is 10.2. The van der Waals surface area contributed by atoms with Gasteiger partial charge in [0.1, 0.15) is 5.75 Å². The highest BCUT2D eigenvalue weighted by Crippen LogP contribution is 2.27. The van der Waals surface area contributed by atoms with Gasteiger partial charge in [-0.3, -0.25) is 0 Å². The number of nitrogens with zero attached hydrogens (tertiary/aromatic N) is 1. The van der Waals surface area contributed by atoms with Gasteiger partial charge in [-0.15, -0.1) is 0 Å². The number of nitriles is 1. The molecule has 0 saturated heterocycles. The Balaban J connectivity index is 2.32. The number of aryl methyl sites for hydroxylation is 2. The summed E-state index contributed by atoms with van der Waals surface area (Å²) in [6.07, 6.45) is 0. The maximum Gasteiger partial charge on any atom is 0.168 e. The first-order valence-electron chi connectivity index (χ1n) is 5.55. The van der Waals surface area contributed by atoms with Crippen molar-refractivity contribution in [1.29, 1.82) is 5.26 Å². The predicted molar refractivity (Wildman–Crippen MR) is 67.1 cm³/mol. The number of hydrogen-bond donors (Lipinski definition) is 0. The molecule has 0 spiro atoms. The van der Waals surface area contributed by atoms with Gasteiger partial charge in [0.15, 0.2) is 11.6 Å². The van der Waals surface area contributed by atoms with Crippen molar-refractivity contribution in [3.05, 3.63) is 58.9 Å². The van der Waals surface area contributed by atoms with E-state index in [1.54, 1.807) is 43.3 Å². The van der Waals surface area contributed by atoms with E-state index in [0.29, 0.717) is 16.9 Å². The Morgan fingerprint density at radius 1 is 1.11 bits per heavy atom. The molecule has 0 radical (unpaired) electrons. The highest BCUT2D eigenvalue weighted by molar-refractivity contribution is 5.43. The molecule has 0 saturated carbocycles. The summed E-state index contributed by atoms with van der Waals surface area (Å²) in [5.74, 6) is 0.356. The van der Waals surface area contributed by atoms with E-state index in [-0.39, 0.29) is 11.6 Å². The number of rotatable bonds is 2. The van der Waals surface area contributed by atoms with Gasteiger partial charge in [0, 0.05) is 0 Å². The van der Waals surface area contributed by atoms with Gasteiger partial charge in [0.2, 0.25) is 0 Å². The molecular formula is C15H12FNO. The van der Waals surface area contributed by atoms with Crippen molar-refractivity contribution in [2.45, 2.75) is 13.8 Å². The molecule has 0 atom stereocenters. The van der Waals surface area contributed by atoms with Gasteiger partial charge in [-0.2, -0.15) is 5.26 Å². The van der Waals surface area contributed by atoms with Crippen molar-refractivity contribution < 1.29 is 9.13 Å². The van der Waals surface area contributed by atoms with Crippen LogP contribution >= 0.6 is 0 Å². The minimum atomic E-state index is -0.362. The normalized spacial score (nSPS) is 9.89. The maximum atomic E-state index is 13.8. The van der Waals surface area contributed by atoms with Gasteiger partial charge in [-0.25, -0.2) is 4.39 Å². The largest absolute Gasteiger partial charge is 0.454 e. The summed E-state index contributed by atoms with van der Waals surface area (Å²) >= 11 is 0. The minimum Gasteiger partial charge on any atom is -0.454 e. The molecule has 2 aromatic rings. The summed E-state index contributed by atoms with van der Waals surface area (Å²) in [4.78, 5) is 0. The van der Waals surface area contributed by atoms with Gasteiger partial charge in [0.05, 0.1) is 11.6 Å². The summed E-state index contributed by atoms with van der Waals surface area (Å²) < 4.78 is 19.2. The molecule has 3 heteroatoms. The third-order valence-corrected chi connectivity index (χ3v) is 2.70. The molecule has 2 rings (SSSR count). The van der Waals surface area contributed by atoms with E-state index < -0.39 is 0 Å². The van der Waals surface area contributed by atoms with Crippen LogP contribution in [-0.2, 0) is 0 Å². The quantitative estimate of drug-likeness (QED) is 0.792. The number of ether oxygens (including phenoxy) is 1. The second-order valence-corrected chi connectivity index (χ2v) is 4.08. The fraction of sp³-hybridized carbons (Fsp3) is 0.133. The zero-order valence-electron chi connectivity index (χ0n) is 10.2. The maximum absolute atomic E-state index is 13.8. The second-order valence-electron chi connectivity index (χ2n) is 4.08. The summed E-state index contributed by atoms with van der Waals surface area (Å²) in [7, 11) is 0. The smallest absolute Gasteiger partial charge is 0.168 e. The predicted octanol–water partition coefficient (Wildman–Crippen LogP) is 4.11. The topological polar surface area (TPSA) is 33.0 Å². The lowest BCUT2D eigenvalue weighted by molar-refractivity contribution is 0.440. The fourth-order valence-corrected chi connectivity index (χ4v) is 1.65. The molecule has 2 nitrogen and oxygen atoms in total. The van der Waals surface area contributed by atoms with Crippen molar-refractivity contribution in [3.8, 4) is 17.6 Å². The number of hydrogen-bond acceptors (Lipinski definition) is 2. The molecule has 0 bridgehead atoms. The van der Waals surface area contributed by atoms with Crippen LogP contribution < -0.4 is 4.74 Å². The van der Waals surface area contributed by atoms with Crippen LogP contribution in [-0.4, -0.2) is 0 Å². The number of halogens is 1. The zero-order chi connectivity index (χ0) is 13.1. The average molecular weight is 241 g/mol. The SMILES string of the molecule is Cc1cc(Oc2cccc(C)c2F)ccc1C#N. The standard InChI is InChI=1S/C15H12FNO/c1-10-4-3-5-14(15(10)16)18-13-7-6-12(9-17)11(2)8-13/h3-8H,1-2H3. The van der Waals surface area contributed by atoms with Crippen LogP contribution in [0.25, 0.3) is 0 Å². The van der Waals surface area contributed by atoms with Gasteiger partial charge >= 0.3 is 0 Å². The molecule has 0 aromatic heterocycles. The van der Waals surface area contributed by atoms with Crippen molar-refractivity contribution in [1.82, 2.24) is 0 Å². The molecule has 0 fully saturated rings. The Bertz CT molecular complexity index is 629. The molecule has 0 aliphatic heterocycles. The molecular weight excluding hydrogens is 229 g/mol. The molecule has 2 aromatic carbocycles. The van der Waals surface area contributed by atoms with Crippen LogP contribution in [0.15, 0.2) is 36.4 Å². The third kappa shape index (κ3) is 2.33. The van der Waals surface area contributed by atoms with E-state index in [9.17, 15) is 4.39 Å². The molecule has 0 unspecified atom stereocenters. The van der Waals surface area contributed by atoms with Crippen molar-refractivity contribution in [2.75, 3.05) is 0 Å². The highest BCUT2D eigenvalue weighted by atomic mass is 19.1. The molecule has 0 amide bonds. The van der Waals surface area contributed by atoms with E-state index in [0.717, 1.165) is 5.56 Å². The van der Waals surface area contributed by atoms with Crippen LogP contribution in [0.5, 0.6) is 11.5 Å². The Labute approximate surface area is 105 Å². The number of benzene rings is 2. The Kier molecular flexibility index (Phi) is 3.29. The third-order valence-electron chi connectivity index (χ3n) is 2.70. The van der Waals surface area contributed by atoms with Gasteiger partial charge in [-0.1, -0.05) is 12.1 Å². The van der Waals surface area contributed by atoms with E-state index in [2.05, 4.69) is 6.07 Å². The molecule has 18 heavy (non-hydrogen) atoms. The Morgan fingerprint density at radius 3 is 2.56 bits per heavy atom. The second kappa shape index (κ2) is 4.89. The Morgan fingerprint density at radius 2 is 1.89 bits per heavy atom. The van der Waals surface area contributed by atoms with Crippen molar-refractivity contribution >= 4 is 0 Å². The summed E-state index contributed by atoms with van der Waals surface area (Å²) in [5, 5.41) is 8.83. The Hall–Kier alpha value is -2.34. The van der Waals surface area contributed by atoms with E-state index in [1.807, 2.05) is 6.92 Å². The monoisotopic (exact) mass is 241 g/mol. The van der Waals surface area contributed by atoms with Crippen LogP contribution in [0.4, 0.5) is 4.39 Å². The van der Waals surface area contributed by atoms with Crippen molar-refractivity contribution in [3.63, 3.8) is 0 Å². The summed E-state index contributed by atoms with van der Waals surface area (Å²) in [6, 6.07) is 12.1. The molecule has 0 aliphatic carbocycles. The van der Waals surface area contributed by atoms with E-state index >= 15 is 0 Å². The van der Waals surface area contributed by atoms with E-state index in [1.165, 1.54) is 0 Å². The van der Waals surface area contributed by atoms with Gasteiger partial charge in [0.25, 0.3) is 0 Å². The first-order valence-corrected chi connectivity index (χ1v) is 5.55. The van der Waals surface area contributed by atoms with Crippen LogP contribution in [0.3, 0.4) is 0 Å². The molecule has 90 valence electrons. The lowest BCUT2D eigenvalue weighted by atomic mass is 10.1. The lowest BCUT2D eigenvalue weighted by Gasteiger charge is -2.09. The average Bonchev–Trinajstić information content (AvgIpc) is 2.35. The van der Waals surface area contributed by atoms with Crippen LogP contribution in [0.1, 0.15) is 16.7 Å². The summed E-state index contributed by atoms with van der Waals surface area (Å²) in [6.45, 7) is 3.50. The lowest BCUT2D eigenvalue weighted by Crippen LogP contribution is -1.92. The molecule has 0 aliphatic rings. The fourth-order valence-electron chi connectivity index (χ4n) is 1.65. The van der Waals surface area contributed by atoms with Crippen molar-refractivity contribution in [2.24, 2.45) is 0 Å². The first-order chi connectivity index (χ1) is 8.61. The van der Waals surface area contributed by atoms with Gasteiger partial charge < -0.3 is 4.74 Å². The van der Waals surface area contributed by atoms with E-state index in [4.69, 9.17) is 10.00 Å². The van der Waals surface area contributed by atoms with Crippen LogP contribution in [0.2, 0.25) is 0 Å². The van der Waals surface area contributed by atoms with Gasteiger partial charge in [-0.05, 0) is 49.2 Å².